The summed E-state index contributed by atoms with van der Waals surface area (Å²) in [6.07, 6.45) is 2.13. The first-order valence-corrected chi connectivity index (χ1v) is 7.82. The Bertz CT molecular complexity index is 390. The number of unbranched alkanes of at least 4 members (excludes halogenated alkanes) is 1. The number of halogens is 1. The second-order valence-electron chi connectivity index (χ2n) is 5.04. The first-order chi connectivity index (χ1) is 9.00. The highest BCUT2D eigenvalue weighted by molar-refractivity contribution is 14.1. The van der Waals surface area contributed by atoms with Gasteiger partial charge in [0.1, 0.15) is 0 Å². The highest BCUT2D eigenvalue weighted by atomic mass is 127. The lowest BCUT2D eigenvalue weighted by Crippen LogP contribution is -2.29. The van der Waals surface area contributed by atoms with Crippen molar-refractivity contribution in [2.75, 3.05) is 20.1 Å². The second kappa shape index (κ2) is 8.53. The zero-order chi connectivity index (χ0) is 14.3. The van der Waals surface area contributed by atoms with E-state index in [4.69, 9.17) is 0 Å². The van der Waals surface area contributed by atoms with Crippen molar-refractivity contribution in [1.29, 1.82) is 0 Å². The van der Waals surface area contributed by atoms with Crippen molar-refractivity contribution in [3.05, 3.63) is 33.4 Å². The molecule has 1 aromatic carbocycles. The molecule has 0 unspecified atom stereocenters. The number of amides is 1. The Morgan fingerprint density at radius 3 is 2.47 bits per heavy atom. The molecule has 1 rings (SSSR count). The number of nitrogens with one attached hydrogen (secondary N) is 1. The minimum Gasteiger partial charge on any atom is -0.352 e. The fraction of sp³-hybridized carbons (Fsp3) is 0.533. The molecule has 4 heteroatoms. The third-order valence-electron chi connectivity index (χ3n) is 3.21. The van der Waals surface area contributed by atoms with Crippen LogP contribution in [0, 0.1) is 3.57 Å². The smallest absolute Gasteiger partial charge is 0.251 e. The average Bonchev–Trinajstić information content (AvgIpc) is 2.38. The molecule has 3 nitrogen and oxygen atoms in total. The SMILES string of the molecule is CC(C)N(C)CCCCNC(=O)c1ccc(I)cc1. The van der Waals surface area contributed by atoms with E-state index in [0.29, 0.717) is 6.04 Å². The lowest BCUT2D eigenvalue weighted by molar-refractivity contribution is 0.0952. The van der Waals surface area contributed by atoms with Crippen molar-refractivity contribution in [3.8, 4) is 0 Å². The van der Waals surface area contributed by atoms with Crippen LogP contribution in [0.2, 0.25) is 0 Å². The third kappa shape index (κ3) is 6.38. The van der Waals surface area contributed by atoms with E-state index in [0.717, 1.165) is 35.1 Å². The number of hydrogen-bond donors (Lipinski definition) is 1. The van der Waals surface area contributed by atoms with Crippen LogP contribution in [0.1, 0.15) is 37.0 Å². The lowest BCUT2D eigenvalue weighted by Gasteiger charge is -2.20. The summed E-state index contributed by atoms with van der Waals surface area (Å²) in [4.78, 5) is 14.2. The molecule has 0 bridgehead atoms. The Hall–Kier alpha value is -0.620. The van der Waals surface area contributed by atoms with Gasteiger partial charge in [-0.3, -0.25) is 4.79 Å². The number of rotatable bonds is 7. The predicted molar refractivity (Wildman–Crippen MR) is 88.5 cm³/mol. The van der Waals surface area contributed by atoms with Gasteiger partial charge in [-0.15, -0.1) is 0 Å². The van der Waals surface area contributed by atoms with Crippen molar-refractivity contribution in [3.63, 3.8) is 0 Å². The molecule has 0 saturated heterocycles. The molecule has 0 heterocycles. The van der Waals surface area contributed by atoms with Gasteiger partial charge in [-0.1, -0.05) is 0 Å². The Balaban J connectivity index is 2.19. The number of carbonyl (C=O) groups excluding carboxylic acids is 1. The number of nitrogens with zero attached hydrogens (tertiary/aromatic N) is 1. The van der Waals surface area contributed by atoms with Gasteiger partial charge in [-0.2, -0.15) is 0 Å². The standard InChI is InChI=1S/C15H23IN2O/c1-12(2)18(3)11-5-4-10-17-15(19)13-6-8-14(16)9-7-13/h6-9,12H,4-5,10-11H2,1-3H3,(H,17,19). The van der Waals surface area contributed by atoms with Crippen LogP contribution in [-0.4, -0.2) is 37.0 Å². The summed E-state index contributed by atoms with van der Waals surface area (Å²) in [5, 5.41) is 2.96. The minimum absolute atomic E-state index is 0.0219. The fourth-order valence-electron chi connectivity index (χ4n) is 1.65. The van der Waals surface area contributed by atoms with Crippen LogP contribution in [0.15, 0.2) is 24.3 Å². The van der Waals surface area contributed by atoms with E-state index in [9.17, 15) is 4.79 Å². The Morgan fingerprint density at radius 1 is 1.26 bits per heavy atom. The maximum Gasteiger partial charge on any atom is 0.251 e. The molecule has 0 aliphatic heterocycles. The Kier molecular flexibility index (Phi) is 7.38. The molecular weight excluding hydrogens is 351 g/mol. The molecule has 106 valence electrons. The van der Waals surface area contributed by atoms with E-state index in [1.54, 1.807) is 0 Å². The van der Waals surface area contributed by atoms with E-state index in [1.807, 2.05) is 24.3 Å². The summed E-state index contributed by atoms with van der Waals surface area (Å²) in [7, 11) is 2.13. The molecule has 0 saturated carbocycles. The van der Waals surface area contributed by atoms with Gasteiger partial charge in [-0.05, 0) is 87.1 Å². The van der Waals surface area contributed by atoms with Gasteiger partial charge >= 0.3 is 0 Å². The van der Waals surface area contributed by atoms with E-state index >= 15 is 0 Å². The molecule has 0 radical (unpaired) electrons. The van der Waals surface area contributed by atoms with Crippen LogP contribution in [0.4, 0.5) is 0 Å². The van der Waals surface area contributed by atoms with Crippen LogP contribution in [0.25, 0.3) is 0 Å². The maximum atomic E-state index is 11.8. The zero-order valence-electron chi connectivity index (χ0n) is 11.9. The third-order valence-corrected chi connectivity index (χ3v) is 3.93. The van der Waals surface area contributed by atoms with Crippen LogP contribution in [0.5, 0.6) is 0 Å². The molecule has 0 aliphatic carbocycles. The van der Waals surface area contributed by atoms with Crippen LogP contribution < -0.4 is 5.32 Å². The van der Waals surface area contributed by atoms with Gasteiger partial charge in [-0.25, -0.2) is 0 Å². The number of carbonyl (C=O) groups is 1. The summed E-state index contributed by atoms with van der Waals surface area (Å²) in [6.45, 7) is 6.21. The first-order valence-electron chi connectivity index (χ1n) is 6.74. The minimum atomic E-state index is 0.0219. The topological polar surface area (TPSA) is 32.3 Å². The Morgan fingerprint density at radius 2 is 1.89 bits per heavy atom. The maximum absolute atomic E-state index is 11.8. The van der Waals surface area contributed by atoms with Crippen LogP contribution in [0.3, 0.4) is 0 Å². The van der Waals surface area contributed by atoms with Crippen molar-refractivity contribution in [2.24, 2.45) is 0 Å². The normalized spacial score (nSPS) is 11.1. The first kappa shape index (κ1) is 16.4. The average molecular weight is 374 g/mol. The summed E-state index contributed by atoms with van der Waals surface area (Å²) < 4.78 is 1.14. The summed E-state index contributed by atoms with van der Waals surface area (Å²) >= 11 is 2.23. The largest absolute Gasteiger partial charge is 0.352 e. The lowest BCUT2D eigenvalue weighted by atomic mass is 10.2. The number of hydrogen-bond acceptors (Lipinski definition) is 2. The molecule has 0 fully saturated rings. The predicted octanol–water partition coefficient (Wildman–Crippen LogP) is 3.14. The van der Waals surface area contributed by atoms with Gasteiger partial charge in [0, 0.05) is 21.7 Å². The van der Waals surface area contributed by atoms with Gasteiger partial charge in [0.25, 0.3) is 5.91 Å². The van der Waals surface area contributed by atoms with Crippen molar-refractivity contribution in [2.45, 2.75) is 32.7 Å². The molecule has 0 atom stereocenters. The fourth-order valence-corrected chi connectivity index (χ4v) is 2.01. The molecular formula is C15H23IN2O. The summed E-state index contributed by atoms with van der Waals surface area (Å²) in [6, 6.07) is 8.22. The van der Waals surface area contributed by atoms with Gasteiger partial charge in [0.05, 0.1) is 0 Å². The molecule has 0 aromatic heterocycles. The molecule has 0 spiro atoms. The van der Waals surface area contributed by atoms with E-state index < -0.39 is 0 Å². The van der Waals surface area contributed by atoms with Gasteiger partial charge in [0.15, 0.2) is 0 Å². The monoisotopic (exact) mass is 374 g/mol. The molecule has 1 N–H and O–H groups in total. The Labute approximate surface area is 129 Å². The molecule has 1 aromatic rings. The van der Waals surface area contributed by atoms with E-state index in [-0.39, 0.29) is 5.91 Å². The summed E-state index contributed by atoms with van der Waals surface area (Å²) in [5.41, 5.74) is 0.736. The van der Waals surface area contributed by atoms with Gasteiger partial charge in [0.2, 0.25) is 0 Å². The van der Waals surface area contributed by atoms with Crippen molar-refractivity contribution < 1.29 is 4.79 Å². The van der Waals surface area contributed by atoms with Crippen molar-refractivity contribution in [1.82, 2.24) is 10.2 Å². The van der Waals surface area contributed by atoms with Crippen LogP contribution in [-0.2, 0) is 0 Å². The quantitative estimate of drug-likeness (QED) is 0.588. The molecule has 0 aliphatic rings. The van der Waals surface area contributed by atoms with E-state index in [2.05, 4.69) is 53.7 Å². The number of benzene rings is 1. The van der Waals surface area contributed by atoms with Crippen LogP contribution >= 0.6 is 22.6 Å². The highest BCUT2D eigenvalue weighted by Gasteiger charge is 2.05. The van der Waals surface area contributed by atoms with Crippen molar-refractivity contribution >= 4 is 28.5 Å². The second-order valence-corrected chi connectivity index (χ2v) is 6.29. The summed E-state index contributed by atoms with van der Waals surface area (Å²) in [5.74, 6) is 0.0219. The van der Waals surface area contributed by atoms with Gasteiger partial charge < -0.3 is 10.2 Å². The molecule has 19 heavy (non-hydrogen) atoms. The zero-order valence-corrected chi connectivity index (χ0v) is 14.1. The highest BCUT2D eigenvalue weighted by Crippen LogP contribution is 2.06. The van der Waals surface area contributed by atoms with E-state index in [1.165, 1.54) is 0 Å². The molecule has 1 amide bonds.